The second-order valence-electron chi connectivity index (χ2n) is 3.47. The third kappa shape index (κ3) is 3.14. The molecule has 1 aromatic carbocycles. The average molecular weight is 276 g/mol. The fourth-order valence-electron chi connectivity index (χ4n) is 1.38. The van der Waals surface area contributed by atoms with E-state index in [0.29, 0.717) is 5.75 Å². The van der Waals surface area contributed by atoms with Crippen molar-refractivity contribution in [3.8, 4) is 11.6 Å². The van der Waals surface area contributed by atoms with Gasteiger partial charge in [0.15, 0.2) is 11.5 Å². The van der Waals surface area contributed by atoms with Gasteiger partial charge in [-0.05, 0) is 30.5 Å². The summed E-state index contributed by atoms with van der Waals surface area (Å²) < 4.78 is 5.58. The van der Waals surface area contributed by atoms with E-state index in [-0.39, 0.29) is 17.4 Å². The van der Waals surface area contributed by atoms with E-state index in [1.807, 2.05) is 30.5 Å². The normalized spacial score (nSPS) is 11.3. The van der Waals surface area contributed by atoms with Gasteiger partial charge in [0.05, 0.1) is 0 Å². The number of thioether (sulfide) groups is 1. The van der Waals surface area contributed by atoms with Crippen LogP contribution in [0.5, 0.6) is 11.6 Å². The molecular weight excluding hydrogens is 264 g/mol. The summed E-state index contributed by atoms with van der Waals surface area (Å²) in [6, 6.07) is 7.49. The number of benzene rings is 1. The first-order valence-electron chi connectivity index (χ1n) is 5.35. The predicted octanol–water partition coefficient (Wildman–Crippen LogP) is 2.09. The maximum atomic E-state index is 8.68. The molecule has 6 nitrogen and oxygen atoms in total. The summed E-state index contributed by atoms with van der Waals surface area (Å²) in [5, 5.41) is 11.6. The molecule has 0 amide bonds. The highest BCUT2D eigenvalue weighted by molar-refractivity contribution is 7.98. The van der Waals surface area contributed by atoms with Gasteiger partial charge in [0.25, 0.3) is 0 Å². The van der Waals surface area contributed by atoms with Gasteiger partial charge >= 0.3 is 0 Å². The van der Waals surface area contributed by atoms with Crippen LogP contribution in [0.3, 0.4) is 0 Å². The molecular formula is C12H12N4O2S. The second-order valence-corrected chi connectivity index (χ2v) is 4.35. The smallest absolute Gasteiger partial charge is 0.249 e. The lowest BCUT2D eigenvalue weighted by Crippen LogP contribution is -2.16. The standard InChI is InChI=1S/C12H12N4O2S/c1-19-9-4-2-8(3-5-9)18-12-10(11(13)16-17)14-6-7-15-12/h2-7,17H,1H3,(H2,13,16). The molecule has 0 aliphatic heterocycles. The van der Waals surface area contributed by atoms with Crippen molar-refractivity contribution in [1.82, 2.24) is 9.97 Å². The summed E-state index contributed by atoms with van der Waals surface area (Å²) in [6.45, 7) is 0. The van der Waals surface area contributed by atoms with Gasteiger partial charge in [-0.25, -0.2) is 9.97 Å². The Labute approximate surface area is 114 Å². The molecule has 0 atom stereocenters. The Hall–Kier alpha value is -2.28. The molecule has 2 rings (SSSR count). The van der Waals surface area contributed by atoms with Crippen LogP contribution in [0.1, 0.15) is 5.69 Å². The Morgan fingerprint density at radius 3 is 2.58 bits per heavy atom. The molecule has 19 heavy (non-hydrogen) atoms. The lowest BCUT2D eigenvalue weighted by Gasteiger charge is -2.08. The molecule has 3 N–H and O–H groups in total. The minimum absolute atomic E-state index is 0.149. The number of nitrogens with two attached hydrogens (primary N) is 1. The lowest BCUT2D eigenvalue weighted by molar-refractivity contribution is 0.318. The van der Waals surface area contributed by atoms with Crippen LogP contribution >= 0.6 is 11.8 Å². The first-order chi connectivity index (χ1) is 9.24. The Morgan fingerprint density at radius 1 is 1.26 bits per heavy atom. The Balaban J connectivity index is 2.27. The molecule has 98 valence electrons. The van der Waals surface area contributed by atoms with Crippen molar-refractivity contribution >= 4 is 17.6 Å². The highest BCUT2D eigenvalue weighted by atomic mass is 32.2. The van der Waals surface area contributed by atoms with Gasteiger partial charge < -0.3 is 15.7 Å². The van der Waals surface area contributed by atoms with E-state index >= 15 is 0 Å². The number of nitrogens with zero attached hydrogens (tertiary/aromatic N) is 3. The van der Waals surface area contributed by atoms with E-state index in [0.717, 1.165) is 4.90 Å². The quantitative estimate of drug-likeness (QED) is 0.292. The van der Waals surface area contributed by atoms with Crippen molar-refractivity contribution in [3.63, 3.8) is 0 Å². The van der Waals surface area contributed by atoms with Gasteiger partial charge in [-0.3, -0.25) is 0 Å². The maximum Gasteiger partial charge on any atom is 0.249 e. The topological polar surface area (TPSA) is 93.6 Å². The third-order valence-electron chi connectivity index (χ3n) is 2.29. The molecule has 0 spiro atoms. The maximum absolute atomic E-state index is 8.68. The molecule has 0 aliphatic carbocycles. The summed E-state index contributed by atoms with van der Waals surface area (Å²) >= 11 is 1.64. The molecule has 0 fully saturated rings. The van der Waals surface area contributed by atoms with Crippen LogP contribution in [-0.4, -0.2) is 27.3 Å². The molecule has 1 aromatic heterocycles. The minimum atomic E-state index is -0.149. The van der Waals surface area contributed by atoms with Crippen molar-refractivity contribution in [2.24, 2.45) is 10.9 Å². The number of hydrogen-bond donors (Lipinski definition) is 2. The zero-order valence-electron chi connectivity index (χ0n) is 10.1. The van der Waals surface area contributed by atoms with Crippen molar-refractivity contribution in [3.05, 3.63) is 42.4 Å². The summed E-state index contributed by atoms with van der Waals surface area (Å²) in [6.07, 6.45) is 4.91. The highest BCUT2D eigenvalue weighted by Gasteiger charge is 2.12. The van der Waals surface area contributed by atoms with Crippen LogP contribution in [-0.2, 0) is 0 Å². The number of rotatable bonds is 4. The minimum Gasteiger partial charge on any atom is -0.437 e. The molecule has 0 bridgehead atoms. The zero-order valence-corrected chi connectivity index (χ0v) is 11.0. The monoisotopic (exact) mass is 276 g/mol. The van der Waals surface area contributed by atoms with Crippen molar-refractivity contribution in [2.75, 3.05) is 6.26 Å². The van der Waals surface area contributed by atoms with Crippen molar-refractivity contribution in [2.45, 2.75) is 4.90 Å². The SMILES string of the molecule is CSc1ccc(Oc2nccnc2C(N)=NO)cc1. The molecule has 0 saturated carbocycles. The second kappa shape index (κ2) is 6.05. The van der Waals surface area contributed by atoms with Gasteiger partial charge in [-0.15, -0.1) is 11.8 Å². The Morgan fingerprint density at radius 2 is 1.95 bits per heavy atom. The number of oxime groups is 1. The van der Waals surface area contributed by atoms with Gasteiger partial charge in [0, 0.05) is 17.3 Å². The summed E-state index contributed by atoms with van der Waals surface area (Å²) in [4.78, 5) is 9.12. The highest BCUT2D eigenvalue weighted by Crippen LogP contribution is 2.24. The first-order valence-corrected chi connectivity index (χ1v) is 6.58. The third-order valence-corrected chi connectivity index (χ3v) is 3.03. The Bertz CT molecular complexity index is 587. The lowest BCUT2D eigenvalue weighted by atomic mass is 10.3. The van der Waals surface area contributed by atoms with Gasteiger partial charge in [0.2, 0.25) is 5.88 Å². The predicted molar refractivity (Wildman–Crippen MR) is 72.8 cm³/mol. The summed E-state index contributed by atoms with van der Waals surface area (Å²) in [5.41, 5.74) is 5.70. The van der Waals surface area contributed by atoms with Gasteiger partial charge in [-0.2, -0.15) is 0 Å². The largest absolute Gasteiger partial charge is 0.437 e. The van der Waals surface area contributed by atoms with Crippen LogP contribution in [0.25, 0.3) is 0 Å². The number of amidine groups is 1. The molecule has 7 heteroatoms. The molecule has 0 aliphatic rings. The van der Waals surface area contributed by atoms with Crippen LogP contribution in [0.2, 0.25) is 0 Å². The Kier molecular flexibility index (Phi) is 4.19. The van der Waals surface area contributed by atoms with Crippen molar-refractivity contribution < 1.29 is 9.94 Å². The van der Waals surface area contributed by atoms with E-state index in [1.54, 1.807) is 11.8 Å². The number of aromatic nitrogens is 2. The van der Waals surface area contributed by atoms with Crippen LogP contribution in [0.4, 0.5) is 0 Å². The van der Waals surface area contributed by atoms with Crippen LogP contribution < -0.4 is 10.5 Å². The van der Waals surface area contributed by atoms with Gasteiger partial charge in [-0.1, -0.05) is 5.16 Å². The molecule has 2 aromatic rings. The van der Waals surface area contributed by atoms with Crippen molar-refractivity contribution in [1.29, 1.82) is 0 Å². The summed E-state index contributed by atoms with van der Waals surface area (Å²) in [5.74, 6) is 0.642. The number of hydrogen-bond acceptors (Lipinski definition) is 6. The molecule has 0 radical (unpaired) electrons. The van der Waals surface area contributed by atoms with E-state index in [9.17, 15) is 0 Å². The number of ether oxygens (including phenoxy) is 1. The zero-order chi connectivity index (χ0) is 13.7. The molecule has 0 unspecified atom stereocenters. The molecule has 1 heterocycles. The summed E-state index contributed by atoms with van der Waals surface area (Å²) in [7, 11) is 0. The van der Waals surface area contributed by atoms with Gasteiger partial charge in [0.1, 0.15) is 5.75 Å². The molecule has 0 saturated heterocycles. The van der Waals surface area contributed by atoms with E-state index in [4.69, 9.17) is 15.7 Å². The first kappa shape index (κ1) is 13.2. The fourth-order valence-corrected chi connectivity index (χ4v) is 1.79. The van der Waals surface area contributed by atoms with Crippen LogP contribution in [0.15, 0.2) is 46.7 Å². The fraction of sp³-hybridized carbons (Fsp3) is 0.0833. The van der Waals surface area contributed by atoms with Crippen LogP contribution in [0, 0.1) is 0 Å². The van der Waals surface area contributed by atoms with E-state index in [1.165, 1.54) is 12.4 Å². The average Bonchev–Trinajstić information content (AvgIpc) is 2.48. The van der Waals surface area contributed by atoms with E-state index in [2.05, 4.69) is 15.1 Å². The van der Waals surface area contributed by atoms with E-state index < -0.39 is 0 Å².